The summed E-state index contributed by atoms with van der Waals surface area (Å²) in [7, 11) is 0. The SMILES string of the molecule is CCCCCC[C@H](C/C=C/CCCCCCCC(=O)OC(C)(C)C)OC(C)=O. The fourth-order valence-corrected chi connectivity index (χ4v) is 3.08. The van der Waals surface area contributed by atoms with Crippen molar-refractivity contribution < 1.29 is 19.1 Å². The second kappa shape index (κ2) is 16.6. The van der Waals surface area contributed by atoms with Crippen LogP contribution in [0.5, 0.6) is 0 Å². The van der Waals surface area contributed by atoms with Crippen LogP contribution in [0.3, 0.4) is 0 Å². The lowest BCUT2D eigenvalue weighted by molar-refractivity contribution is -0.155. The highest BCUT2D eigenvalue weighted by molar-refractivity contribution is 5.69. The molecule has 164 valence electrons. The Morgan fingerprint density at radius 2 is 1.54 bits per heavy atom. The number of esters is 2. The molecule has 1 atom stereocenters. The molecule has 0 saturated carbocycles. The van der Waals surface area contributed by atoms with Gasteiger partial charge in [-0.2, -0.15) is 0 Å². The highest BCUT2D eigenvalue weighted by atomic mass is 16.6. The van der Waals surface area contributed by atoms with E-state index in [-0.39, 0.29) is 23.6 Å². The van der Waals surface area contributed by atoms with Crippen molar-refractivity contribution in [1.29, 1.82) is 0 Å². The minimum Gasteiger partial charge on any atom is -0.462 e. The van der Waals surface area contributed by atoms with Gasteiger partial charge in [-0.15, -0.1) is 0 Å². The molecular formula is C24H44O4. The van der Waals surface area contributed by atoms with Crippen LogP contribution in [-0.2, 0) is 19.1 Å². The fraction of sp³-hybridized carbons (Fsp3) is 0.833. The van der Waals surface area contributed by atoms with Crippen molar-refractivity contribution in [3.63, 3.8) is 0 Å². The van der Waals surface area contributed by atoms with E-state index in [2.05, 4.69) is 19.1 Å². The first kappa shape index (κ1) is 26.7. The lowest BCUT2D eigenvalue weighted by Crippen LogP contribution is -2.23. The van der Waals surface area contributed by atoms with Crippen molar-refractivity contribution in [3.8, 4) is 0 Å². The molecule has 0 aliphatic carbocycles. The van der Waals surface area contributed by atoms with Crippen LogP contribution in [0, 0.1) is 0 Å². The Morgan fingerprint density at radius 3 is 2.18 bits per heavy atom. The van der Waals surface area contributed by atoms with Gasteiger partial charge >= 0.3 is 11.9 Å². The summed E-state index contributed by atoms with van der Waals surface area (Å²) in [6, 6.07) is 0. The van der Waals surface area contributed by atoms with Gasteiger partial charge in [-0.1, -0.05) is 57.6 Å². The number of carbonyl (C=O) groups is 2. The van der Waals surface area contributed by atoms with Crippen LogP contribution in [0.25, 0.3) is 0 Å². The van der Waals surface area contributed by atoms with Crippen LogP contribution in [0.1, 0.15) is 118 Å². The largest absolute Gasteiger partial charge is 0.462 e. The summed E-state index contributed by atoms with van der Waals surface area (Å²) in [4.78, 5) is 22.9. The van der Waals surface area contributed by atoms with Crippen molar-refractivity contribution in [2.75, 3.05) is 0 Å². The molecule has 0 radical (unpaired) electrons. The minimum atomic E-state index is -0.382. The molecule has 0 spiro atoms. The van der Waals surface area contributed by atoms with E-state index in [0.29, 0.717) is 6.42 Å². The molecule has 4 nitrogen and oxygen atoms in total. The molecule has 0 aromatic carbocycles. The van der Waals surface area contributed by atoms with Crippen LogP contribution in [0.15, 0.2) is 12.2 Å². The van der Waals surface area contributed by atoms with E-state index in [1.165, 1.54) is 32.6 Å². The molecule has 0 fully saturated rings. The third-order valence-electron chi connectivity index (χ3n) is 4.45. The molecule has 0 saturated heterocycles. The molecule has 4 heteroatoms. The molecule has 0 N–H and O–H groups in total. The molecule has 0 rings (SSSR count). The smallest absolute Gasteiger partial charge is 0.306 e. The van der Waals surface area contributed by atoms with E-state index < -0.39 is 0 Å². The Labute approximate surface area is 173 Å². The number of unbranched alkanes of at least 4 members (excludes halogenated alkanes) is 8. The molecule has 0 unspecified atom stereocenters. The van der Waals surface area contributed by atoms with E-state index >= 15 is 0 Å². The zero-order valence-electron chi connectivity index (χ0n) is 19.1. The van der Waals surface area contributed by atoms with Crippen molar-refractivity contribution in [2.45, 2.75) is 130 Å². The Balaban J connectivity index is 3.72. The number of hydrogen-bond acceptors (Lipinski definition) is 4. The molecule has 0 heterocycles. The number of hydrogen-bond donors (Lipinski definition) is 0. The molecule has 0 aromatic heterocycles. The van der Waals surface area contributed by atoms with Crippen LogP contribution in [0.4, 0.5) is 0 Å². The van der Waals surface area contributed by atoms with Gasteiger partial charge in [0, 0.05) is 19.8 Å². The summed E-state index contributed by atoms with van der Waals surface area (Å²) in [5, 5.41) is 0. The number of allylic oxidation sites excluding steroid dienone is 1. The quantitative estimate of drug-likeness (QED) is 0.162. The van der Waals surface area contributed by atoms with Gasteiger partial charge in [0.25, 0.3) is 0 Å². The summed E-state index contributed by atoms with van der Waals surface area (Å²) in [5.74, 6) is -0.271. The molecule has 0 aromatic rings. The van der Waals surface area contributed by atoms with E-state index in [9.17, 15) is 9.59 Å². The number of carbonyl (C=O) groups excluding carboxylic acids is 2. The second-order valence-corrected chi connectivity index (χ2v) is 8.68. The third kappa shape index (κ3) is 19.4. The first-order valence-electron chi connectivity index (χ1n) is 11.3. The van der Waals surface area contributed by atoms with Gasteiger partial charge in [-0.05, 0) is 52.9 Å². The molecule has 0 amide bonds. The molecule has 0 bridgehead atoms. The Hall–Kier alpha value is -1.32. The van der Waals surface area contributed by atoms with E-state index in [1.807, 2.05) is 20.8 Å². The monoisotopic (exact) mass is 396 g/mol. The predicted molar refractivity (Wildman–Crippen MR) is 116 cm³/mol. The lowest BCUT2D eigenvalue weighted by atomic mass is 10.1. The summed E-state index contributed by atoms with van der Waals surface area (Å²) in [6.07, 6.45) is 18.1. The summed E-state index contributed by atoms with van der Waals surface area (Å²) >= 11 is 0. The normalized spacial score (nSPS) is 12.9. The highest BCUT2D eigenvalue weighted by Crippen LogP contribution is 2.14. The Kier molecular flexibility index (Phi) is 15.8. The van der Waals surface area contributed by atoms with Crippen molar-refractivity contribution >= 4 is 11.9 Å². The van der Waals surface area contributed by atoms with Crippen molar-refractivity contribution in [3.05, 3.63) is 12.2 Å². The maximum Gasteiger partial charge on any atom is 0.306 e. The molecular weight excluding hydrogens is 352 g/mol. The lowest BCUT2D eigenvalue weighted by Gasteiger charge is -2.19. The van der Waals surface area contributed by atoms with Gasteiger partial charge in [-0.25, -0.2) is 0 Å². The first-order chi connectivity index (χ1) is 13.2. The molecule has 0 aliphatic heterocycles. The predicted octanol–water partition coefficient (Wildman–Crippen LogP) is 6.91. The Bertz CT molecular complexity index is 434. The Morgan fingerprint density at radius 1 is 0.893 bits per heavy atom. The molecule has 0 aliphatic rings. The fourth-order valence-electron chi connectivity index (χ4n) is 3.08. The average molecular weight is 397 g/mol. The maximum absolute atomic E-state index is 11.6. The van der Waals surface area contributed by atoms with Crippen LogP contribution < -0.4 is 0 Å². The van der Waals surface area contributed by atoms with Crippen LogP contribution >= 0.6 is 0 Å². The summed E-state index contributed by atoms with van der Waals surface area (Å²) in [6.45, 7) is 9.40. The van der Waals surface area contributed by atoms with Gasteiger partial charge in [0.1, 0.15) is 11.7 Å². The summed E-state index contributed by atoms with van der Waals surface area (Å²) in [5.41, 5.74) is -0.382. The van der Waals surface area contributed by atoms with Crippen molar-refractivity contribution in [2.24, 2.45) is 0 Å². The summed E-state index contributed by atoms with van der Waals surface area (Å²) < 4.78 is 10.7. The van der Waals surface area contributed by atoms with Gasteiger partial charge in [0.15, 0.2) is 0 Å². The van der Waals surface area contributed by atoms with Gasteiger partial charge in [0.05, 0.1) is 0 Å². The maximum atomic E-state index is 11.6. The zero-order valence-corrected chi connectivity index (χ0v) is 19.1. The third-order valence-corrected chi connectivity index (χ3v) is 4.45. The standard InChI is InChI=1S/C24H44O4/c1-6-7-8-15-18-22(27-21(2)25)19-16-13-11-9-10-12-14-17-20-23(26)28-24(3,4)5/h13,16,22H,6-12,14-15,17-20H2,1-5H3/b16-13+/t22-/m1/s1. The minimum absolute atomic E-state index is 0.0264. The first-order valence-corrected chi connectivity index (χ1v) is 11.3. The van der Waals surface area contributed by atoms with Crippen LogP contribution in [0.2, 0.25) is 0 Å². The van der Waals surface area contributed by atoms with Gasteiger partial charge < -0.3 is 9.47 Å². The van der Waals surface area contributed by atoms with E-state index in [4.69, 9.17) is 9.47 Å². The van der Waals surface area contributed by atoms with E-state index in [0.717, 1.165) is 51.4 Å². The van der Waals surface area contributed by atoms with Gasteiger partial charge in [0.2, 0.25) is 0 Å². The topological polar surface area (TPSA) is 52.6 Å². The average Bonchev–Trinajstić information content (AvgIpc) is 2.58. The zero-order chi connectivity index (χ0) is 21.3. The number of ether oxygens (including phenoxy) is 2. The number of rotatable bonds is 16. The highest BCUT2D eigenvalue weighted by Gasteiger charge is 2.15. The van der Waals surface area contributed by atoms with Gasteiger partial charge in [-0.3, -0.25) is 9.59 Å². The molecule has 28 heavy (non-hydrogen) atoms. The van der Waals surface area contributed by atoms with Crippen LogP contribution in [-0.4, -0.2) is 23.6 Å². The van der Waals surface area contributed by atoms with Crippen molar-refractivity contribution in [1.82, 2.24) is 0 Å². The van der Waals surface area contributed by atoms with E-state index in [1.54, 1.807) is 0 Å². The second-order valence-electron chi connectivity index (χ2n) is 8.68.